The normalized spacial score (nSPS) is 26.2. The molecule has 0 aliphatic carbocycles. The SMILES string of the molecule is O=C([C@@H]1OC[C@@H]2COCC[C@@H]21)N(Cc1ccco1)Cc1cccs1. The van der Waals surface area contributed by atoms with Crippen LogP contribution in [0.4, 0.5) is 0 Å². The Kier molecular flexibility index (Phi) is 4.69. The first kappa shape index (κ1) is 15.9. The molecule has 5 nitrogen and oxygen atoms in total. The largest absolute Gasteiger partial charge is 0.467 e. The molecule has 0 aromatic carbocycles. The lowest BCUT2D eigenvalue weighted by molar-refractivity contribution is -0.144. The van der Waals surface area contributed by atoms with E-state index in [2.05, 4.69) is 6.07 Å². The number of carbonyl (C=O) groups is 1. The second kappa shape index (κ2) is 7.09. The number of carbonyl (C=O) groups excluding carboxylic acids is 1. The van der Waals surface area contributed by atoms with E-state index in [9.17, 15) is 4.79 Å². The molecule has 2 aliphatic heterocycles. The van der Waals surface area contributed by atoms with Crippen molar-refractivity contribution in [1.82, 2.24) is 4.90 Å². The molecular weight excluding hydrogens is 326 g/mol. The number of fused-ring (bicyclic) bond motifs is 1. The fourth-order valence-electron chi connectivity index (χ4n) is 3.56. The molecule has 1 amide bonds. The number of hydrogen-bond acceptors (Lipinski definition) is 5. The Hall–Kier alpha value is -1.63. The maximum absolute atomic E-state index is 13.2. The van der Waals surface area contributed by atoms with Gasteiger partial charge in [-0.3, -0.25) is 4.79 Å². The van der Waals surface area contributed by atoms with Gasteiger partial charge in [0.2, 0.25) is 0 Å². The number of hydrogen-bond donors (Lipinski definition) is 0. The van der Waals surface area contributed by atoms with Gasteiger partial charge in [0.05, 0.1) is 32.6 Å². The molecule has 4 rings (SSSR count). The molecule has 0 bridgehead atoms. The van der Waals surface area contributed by atoms with Crippen LogP contribution in [0.1, 0.15) is 17.1 Å². The van der Waals surface area contributed by atoms with E-state index in [0.717, 1.165) is 23.7 Å². The van der Waals surface area contributed by atoms with E-state index in [4.69, 9.17) is 13.9 Å². The third-order valence-electron chi connectivity index (χ3n) is 4.82. The lowest BCUT2D eigenvalue weighted by Gasteiger charge is -2.30. The van der Waals surface area contributed by atoms with Crippen LogP contribution in [-0.2, 0) is 27.4 Å². The van der Waals surface area contributed by atoms with Crippen LogP contribution in [0.2, 0.25) is 0 Å². The Labute approximate surface area is 145 Å². The van der Waals surface area contributed by atoms with Gasteiger partial charge >= 0.3 is 0 Å². The first-order valence-corrected chi connectivity index (χ1v) is 9.22. The third-order valence-corrected chi connectivity index (χ3v) is 5.68. The Balaban J connectivity index is 1.51. The highest BCUT2D eigenvalue weighted by molar-refractivity contribution is 7.09. The van der Waals surface area contributed by atoms with Gasteiger partial charge in [-0.1, -0.05) is 6.07 Å². The maximum atomic E-state index is 13.2. The molecular formula is C18H21NO4S. The molecule has 2 aromatic rings. The lowest BCUT2D eigenvalue weighted by Crippen LogP contribution is -2.43. The van der Waals surface area contributed by atoms with Crippen molar-refractivity contribution < 1.29 is 18.7 Å². The molecule has 0 N–H and O–H groups in total. The van der Waals surface area contributed by atoms with Gasteiger partial charge in [-0.05, 0) is 30.0 Å². The van der Waals surface area contributed by atoms with Crippen molar-refractivity contribution in [1.29, 1.82) is 0 Å². The molecule has 0 unspecified atom stereocenters. The predicted octanol–water partition coefficient (Wildman–Crippen LogP) is 2.92. The van der Waals surface area contributed by atoms with Gasteiger partial charge in [-0.15, -0.1) is 11.3 Å². The summed E-state index contributed by atoms with van der Waals surface area (Å²) in [7, 11) is 0. The summed E-state index contributed by atoms with van der Waals surface area (Å²) in [6.45, 7) is 3.10. The standard InChI is InChI=1S/C18H21NO4S/c20-18(17-16-5-7-21-11-13(16)12-23-17)19(9-14-3-1-6-22-14)10-15-4-2-8-24-15/h1-4,6,8,13,16-17H,5,7,9-12H2/t13-,16-,17+/m0/s1. The zero-order valence-electron chi connectivity index (χ0n) is 13.4. The van der Waals surface area contributed by atoms with E-state index >= 15 is 0 Å². The zero-order valence-corrected chi connectivity index (χ0v) is 14.2. The van der Waals surface area contributed by atoms with E-state index in [1.807, 2.05) is 28.5 Å². The third kappa shape index (κ3) is 3.27. The van der Waals surface area contributed by atoms with Crippen LogP contribution in [0.3, 0.4) is 0 Å². The molecule has 6 heteroatoms. The molecule has 128 valence electrons. The molecule has 0 radical (unpaired) electrons. The maximum Gasteiger partial charge on any atom is 0.252 e. The average molecular weight is 347 g/mol. The van der Waals surface area contributed by atoms with Crippen molar-refractivity contribution in [3.8, 4) is 0 Å². The smallest absolute Gasteiger partial charge is 0.252 e. The lowest BCUT2D eigenvalue weighted by atomic mass is 9.86. The van der Waals surface area contributed by atoms with E-state index < -0.39 is 0 Å². The Morgan fingerprint density at radius 2 is 2.21 bits per heavy atom. The quantitative estimate of drug-likeness (QED) is 0.834. The van der Waals surface area contributed by atoms with Crippen LogP contribution in [-0.4, -0.2) is 36.7 Å². The topological polar surface area (TPSA) is 51.9 Å². The molecule has 2 saturated heterocycles. The van der Waals surface area contributed by atoms with Crippen molar-refractivity contribution >= 4 is 17.2 Å². The summed E-state index contributed by atoms with van der Waals surface area (Å²) in [5, 5.41) is 2.03. The number of nitrogens with zero attached hydrogens (tertiary/aromatic N) is 1. The molecule has 0 saturated carbocycles. The van der Waals surface area contributed by atoms with Crippen molar-refractivity contribution in [3.63, 3.8) is 0 Å². The first-order valence-electron chi connectivity index (χ1n) is 8.34. The molecule has 4 heterocycles. The summed E-state index contributed by atoms with van der Waals surface area (Å²) >= 11 is 1.66. The number of ether oxygens (including phenoxy) is 2. The van der Waals surface area contributed by atoms with E-state index in [1.165, 1.54) is 0 Å². The molecule has 2 fully saturated rings. The van der Waals surface area contributed by atoms with Gasteiger partial charge in [0.1, 0.15) is 11.9 Å². The summed E-state index contributed by atoms with van der Waals surface area (Å²) in [4.78, 5) is 16.2. The Morgan fingerprint density at radius 3 is 3.00 bits per heavy atom. The molecule has 24 heavy (non-hydrogen) atoms. The average Bonchev–Trinajstić information content (AvgIpc) is 3.35. The van der Waals surface area contributed by atoms with E-state index in [0.29, 0.717) is 32.2 Å². The van der Waals surface area contributed by atoms with Gasteiger partial charge < -0.3 is 18.8 Å². The van der Waals surface area contributed by atoms with Crippen LogP contribution in [0.15, 0.2) is 40.3 Å². The van der Waals surface area contributed by atoms with Crippen LogP contribution in [0.25, 0.3) is 0 Å². The number of thiophene rings is 1. The second-order valence-electron chi connectivity index (χ2n) is 6.39. The van der Waals surface area contributed by atoms with Crippen LogP contribution >= 0.6 is 11.3 Å². The predicted molar refractivity (Wildman–Crippen MR) is 89.4 cm³/mol. The number of furan rings is 1. The summed E-state index contributed by atoms with van der Waals surface area (Å²) < 4.78 is 16.9. The van der Waals surface area contributed by atoms with Gasteiger partial charge in [-0.25, -0.2) is 0 Å². The van der Waals surface area contributed by atoms with E-state index in [1.54, 1.807) is 17.6 Å². The van der Waals surface area contributed by atoms with Crippen molar-refractivity contribution in [2.45, 2.75) is 25.6 Å². The number of rotatable bonds is 5. The summed E-state index contributed by atoms with van der Waals surface area (Å²) in [5.41, 5.74) is 0. The van der Waals surface area contributed by atoms with Gasteiger partial charge in [0.25, 0.3) is 5.91 Å². The van der Waals surface area contributed by atoms with Crippen LogP contribution in [0.5, 0.6) is 0 Å². The fourth-order valence-corrected chi connectivity index (χ4v) is 4.28. The molecule has 0 spiro atoms. The summed E-state index contributed by atoms with van der Waals surface area (Å²) in [6, 6.07) is 7.82. The minimum Gasteiger partial charge on any atom is -0.467 e. The van der Waals surface area contributed by atoms with Gasteiger partial charge in [0.15, 0.2) is 0 Å². The highest BCUT2D eigenvalue weighted by Crippen LogP contribution is 2.34. The van der Waals surface area contributed by atoms with Gasteiger partial charge in [-0.2, -0.15) is 0 Å². The fraction of sp³-hybridized carbons (Fsp3) is 0.500. The van der Waals surface area contributed by atoms with Crippen molar-refractivity contribution in [3.05, 3.63) is 46.5 Å². The van der Waals surface area contributed by atoms with E-state index in [-0.39, 0.29) is 17.9 Å². The zero-order chi connectivity index (χ0) is 16.4. The Bertz CT molecular complexity index is 618. The molecule has 2 aliphatic rings. The minimum absolute atomic E-state index is 0.0641. The summed E-state index contributed by atoms with van der Waals surface area (Å²) in [5.74, 6) is 1.48. The minimum atomic E-state index is -0.353. The van der Waals surface area contributed by atoms with Crippen molar-refractivity contribution in [2.75, 3.05) is 19.8 Å². The highest BCUT2D eigenvalue weighted by atomic mass is 32.1. The van der Waals surface area contributed by atoms with Crippen LogP contribution in [0, 0.1) is 11.8 Å². The second-order valence-corrected chi connectivity index (χ2v) is 7.43. The van der Waals surface area contributed by atoms with Crippen LogP contribution < -0.4 is 0 Å². The number of amides is 1. The highest BCUT2D eigenvalue weighted by Gasteiger charge is 2.44. The molecule has 3 atom stereocenters. The summed E-state index contributed by atoms with van der Waals surface area (Å²) in [6.07, 6.45) is 2.19. The molecule has 2 aromatic heterocycles. The Morgan fingerprint density at radius 1 is 1.25 bits per heavy atom. The van der Waals surface area contributed by atoms with Gasteiger partial charge in [0, 0.05) is 23.3 Å². The monoisotopic (exact) mass is 347 g/mol. The van der Waals surface area contributed by atoms with Crippen molar-refractivity contribution in [2.24, 2.45) is 11.8 Å². The first-order chi connectivity index (χ1) is 11.8.